The number of allylic oxidation sites excluding steroid dienone is 1. The lowest BCUT2D eigenvalue weighted by Crippen LogP contribution is -1.89. The Morgan fingerprint density at radius 2 is 1.29 bits per heavy atom. The minimum Gasteiger partial charge on any atom is -0.121 e. The lowest BCUT2D eigenvalue weighted by atomic mass is 10.0. The topological polar surface area (TPSA) is 0 Å². The van der Waals surface area contributed by atoms with Crippen molar-refractivity contribution in [3.63, 3.8) is 0 Å². The molecule has 0 heterocycles. The number of hydrogen-bond donors (Lipinski definition) is 0. The Kier molecular flexibility index (Phi) is 4.41. The summed E-state index contributed by atoms with van der Waals surface area (Å²) in [7, 11) is 0. The number of benzene rings is 2. The molecular formula is C15H12BrCl. The Balaban J connectivity index is 2.48. The Morgan fingerprint density at radius 1 is 0.824 bits per heavy atom. The van der Waals surface area contributed by atoms with Crippen molar-refractivity contribution in [2.45, 2.75) is 0 Å². The van der Waals surface area contributed by atoms with E-state index in [1.54, 1.807) is 0 Å². The highest BCUT2D eigenvalue weighted by atomic mass is 79.9. The van der Waals surface area contributed by atoms with Crippen molar-refractivity contribution in [2.24, 2.45) is 0 Å². The van der Waals surface area contributed by atoms with E-state index in [1.165, 1.54) is 0 Å². The fraction of sp³-hybridized carbons (Fsp3) is 0.0667. The highest BCUT2D eigenvalue weighted by Crippen LogP contribution is 2.31. The highest BCUT2D eigenvalue weighted by molar-refractivity contribution is 9.15. The van der Waals surface area contributed by atoms with Crippen molar-refractivity contribution < 1.29 is 0 Å². The second kappa shape index (κ2) is 6.04. The van der Waals surface area contributed by atoms with Crippen LogP contribution in [0, 0.1) is 0 Å². The summed E-state index contributed by atoms with van der Waals surface area (Å²) in [4.78, 5) is 0. The van der Waals surface area contributed by atoms with Crippen LogP contribution in [-0.4, -0.2) is 5.88 Å². The van der Waals surface area contributed by atoms with Crippen molar-refractivity contribution in [2.75, 3.05) is 5.88 Å². The first-order valence-electron chi connectivity index (χ1n) is 5.38. The third-order valence-corrected chi connectivity index (χ3v) is 3.75. The van der Waals surface area contributed by atoms with Crippen LogP contribution in [-0.2, 0) is 0 Å². The van der Waals surface area contributed by atoms with Gasteiger partial charge in [0.1, 0.15) is 0 Å². The van der Waals surface area contributed by atoms with Gasteiger partial charge in [0.15, 0.2) is 0 Å². The molecule has 0 N–H and O–H groups in total. The molecule has 0 aliphatic carbocycles. The van der Waals surface area contributed by atoms with Gasteiger partial charge in [-0.25, -0.2) is 0 Å². The van der Waals surface area contributed by atoms with Crippen molar-refractivity contribution >= 4 is 37.6 Å². The molecule has 0 aromatic heterocycles. The van der Waals surface area contributed by atoms with E-state index < -0.39 is 0 Å². The predicted molar refractivity (Wildman–Crippen MR) is 79.3 cm³/mol. The van der Waals surface area contributed by atoms with Crippen molar-refractivity contribution in [1.82, 2.24) is 0 Å². The van der Waals surface area contributed by atoms with Crippen LogP contribution in [0.5, 0.6) is 0 Å². The molecule has 0 radical (unpaired) electrons. The summed E-state index contributed by atoms with van der Waals surface area (Å²) in [6, 6.07) is 20.4. The molecule has 2 heteroatoms. The normalized spacial score (nSPS) is 12.1. The van der Waals surface area contributed by atoms with Gasteiger partial charge < -0.3 is 0 Å². The molecule has 2 aromatic carbocycles. The minimum atomic E-state index is 0.486. The van der Waals surface area contributed by atoms with E-state index in [1.807, 2.05) is 36.4 Å². The van der Waals surface area contributed by atoms with Crippen LogP contribution in [0.2, 0.25) is 0 Å². The molecule has 2 aromatic rings. The molecule has 2 rings (SSSR count). The molecule has 0 saturated heterocycles. The predicted octanol–water partition coefficient (Wildman–Crippen LogP) is 5.19. The van der Waals surface area contributed by atoms with Crippen molar-refractivity contribution in [3.05, 3.63) is 71.8 Å². The van der Waals surface area contributed by atoms with Crippen LogP contribution in [0.3, 0.4) is 0 Å². The zero-order valence-corrected chi connectivity index (χ0v) is 11.6. The number of alkyl halides is 1. The van der Waals surface area contributed by atoms with Gasteiger partial charge in [-0.05, 0) is 32.6 Å². The molecule has 0 fully saturated rings. The van der Waals surface area contributed by atoms with E-state index in [0.717, 1.165) is 21.2 Å². The van der Waals surface area contributed by atoms with Crippen LogP contribution in [0.4, 0.5) is 0 Å². The molecule has 0 bridgehead atoms. The molecule has 0 aliphatic rings. The third-order valence-electron chi connectivity index (χ3n) is 2.55. The summed E-state index contributed by atoms with van der Waals surface area (Å²) in [6.45, 7) is 0. The molecule has 0 unspecified atom stereocenters. The summed E-state index contributed by atoms with van der Waals surface area (Å²) in [5.74, 6) is 0.486. The molecule has 86 valence electrons. The van der Waals surface area contributed by atoms with E-state index in [9.17, 15) is 0 Å². The Hall–Kier alpha value is -1.05. The first-order valence-corrected chi connectivity index (χ1v) is 6.71. The van der Waals surface area contributed by atoms with Gasteiger partial charge in [0.2, 0.25) is 0 Å². The number of hydrogen-bond acceptors (Lipinski definition) is 0. The summed E-state index contributed by atoms with van der Waals surface area (Å²) < 4.78 is 1.05. The SMILES string of the molecule is ClCC(=C(Br)c1ccccc1)c1ccccc1. The Labute approximate surface area is 115 Å². The standard InChI is InChI=1S/C15H12BrCl/c16-15(13-9-5-2-6-10-13)14(11-17)12-7-3-1-4-8-12/h1-10H,11H2. The van der Waals surface area contributed by atoms with Gasteiger partial charge in [-0.2, -0.15) is 0 Å². The van der Waals surface area contributed by atoms with Crippen LogP contribution in [0.1, 0.15) is 11.1 Å². The van der Waals surface area contributed by atoms with Gasteiger partial charge in [0, 0.05) is 10.4 Å². The minimum absolute atomic E-state index is 0.486. The van der Waals surface area contributed by atoms with Crippen LogP contribution >= 0.6 is 27.5 Å². The lowest BCUT2D eigenvalue weighted by molar-refractivity contribution is 1.57. The van der Waals surface area contributed by atoms with E-state index in [0.29, 0.717) is 5.88 Å². The molecule has 0 aliphatic heterocycles. The fourth-order valence-corrected chi connectivity index (χ4v) is 2.74. The van der Waals surface area contributed by atoms with E-state index in [4.69, 9.17) is 11.6 Å². The molecule has 0 spiro atoms. The number of halogens is 2. The molecular weight excluding hydrogens is 296 g/mol. The molecule has 0 atom stereocenters. The van der Waals surface area contributed by atoms with Crippen LogP contribution in [0.25, 0.3) is 10.1 Å². The van der Waals surface area contributed by atoms with Gasteiger partial charge in [0.25, 0.3) is 0 Å². The molecule has 0 nitrogen and oxygen atoms in total. The average Bonchev–Trinajstić information content (AvgIpc) is 2.42. The highest BCUT2D eigenvalue weighted by Gasteiger charge is 2.07. The van der Waals surface area contributed by atoms with Crippen LogP contribution in [0.15, 0.2) is 60.7 Å². The van der Waals surface area contributed by atoms with Gasteiger partial charge >= 0.3 is 0 Å². The largest absolute Gasteiger partial charge is 0.121 e. The maximum atomic E-state index is 6.06. The maximum Gasteiger partial charge on any atom is 0.0491 e. The van der Waals surface area contributed by atoms with Gasteiger partial charge in [-0.15, -0.1) is 11.6 Å². The Bertz CT molecular complexity index is 503. The van der Waals surface area contributed by atoms with Gasteiger partial charge in [-0.3, -0.25) is 0 Å². The second-order valence-corrected chi connectivity index (χ2v) is 4.72. The maximum absolute atomic E-state index is 6.06. The van der Waals surface area contributed by atoms with Crippen LogP contribution < -0.4 is 0 Å². The zero-order valence-electron chi connectivity index (χ0n) is 9.24. The molecule has 0 amide bonds. The lowest BCUT2D eigenvalue weighted by Gasteiger charge is -2.08. The molecule has 17 heavy (non-hydrogen) atoms. The first-order chi connectivity index (χ1) is 8.33. The summed E-state index contributed by atoms with van der Waals surface area (Å²) >= 11 is 9.70. The number of rotatable bonds is 3. The smallest absolute Gasteiger partial charge is 0.0491 e. The zero-order chi connectivity index (χ0) is 12.1. The quantitative estimate of drug-likeness (QED) is 0.541. The summed E-state index contributed by atoms with van der Waals surface area (Å²) in [5, 5.41) is 0. The molecule has 0 saturated carbocycles. The average molecular weight is 308 g/mol. The third kappa shape index (κ3) is 2.99. The van der Waals surface area contributed by atoms with E-state index >= 15 is 0 Å². The monoisotopic (exact) mass is 306 g/mol. The van der Waals surface area contributed by atoms with Gasteiger partial charge in [0.05, 0.1) is 0 Å². The van der Waals surface area contributed by atoms with E-state index in [2.05, 4.69) is 40.2 Å². The summed E-state index contributed by atoms with van der Waals surface area (Å²) in [5.41, 5.74) is 3.41. The Morgan fingerprint density at radius 3 is 1.76 bits per heavy atom. The fourth-order valence-electron chi connectivity index (χ4n) is 1.66. The van der Waals surface area contributed by atoms with Crippen molar-refractivity contribution in [1.29, 1.82) is 0 Å². The van der Waals surface area contributed by atoms with E-state index in [-0.39, 0.29) is 0 Å². The summed E-state index contributed by atoms with van der Waals surface area (Å²) in [6.07, 6.45) is 0. The van der Waals surface area contributed by atoms with Gasteiger partial charge in [-0.1, -0.05) is 60.7 Å². The van der Waals surface area contributed by atoms with Crippen molar-refractivity contribution in [3.8, 4) is 0 Å². The second-order valence-electron chi connectivity index (χ2n) is 3.66. The first kappa shape index (κ1) is 12.4.